The predicted molar refractivity (Wildman–Crippen MR) is 69.7 cm³/mol. The van der Waals surface area contributed by atoms with E-state index in [9.17, 15) is 0 Å². The van der Waals surface area contributed by atoms with Crippen LogP contribution < -0.4 is 4.74 Å². The fourth-order valence-corrected chi connectivity index (χ4v) is 2.52. The number of aryl methyl sites for hydroxylation is 1. The molecule has 2 nitrogen and oxygen atoms in total. The van der Waals surface area contributed by atoms with Crippen LogP contribution in [0.1, 0.15) is 49.8 Å². The lowest BCUT2D eigenvalue weighted by molar-refractivity contribution is -0.141. The number of hydrogen-bond acceptors (Lipinski definition) is 2. The van der Waals surface area contributed by atoms with E-state index in [0.717, 1.165) is 18.8 Å². The standard InChI is InChI=1S/C15H22O2/c1-10(2)12-9-13(15(4)6-7-17-15)11(3)8-14(12)16-5/h8-10H,6-7H2,1-5H3. The highest BCUT2D eigenvalue weighted by atomic mass is 16.5. The molecule has 0 amide bonds. The molecule has 1 fully saturated rings. The van der Waals surface area contributed by atoms with Crippen LogP contribution in [0.2, 0.25) is 0 Å². The Kier molecular flexibility index (Phi) is 3.17. The molecule has 1 heterocycles. The van der Waals surface area contributed by atoms with Gasteiger partial charge in [-0.3, -0.25) is 0 Å². The summed E-state index contributed by atoms with van der Waals surface area (Å²) >= 11 is 0. The van der Waals surface area contributed by atoms with Crippen molar-refractivity contribution >= 4 is 0 Å². The van der Waals surface area contributed by atoms with Crippen molar-refractivity contribution < 1.29 is 9.47 Å². The molecule has 0 saturated carbocycles. The molecular formula is C15H22O2. The highest BCUT2D eigenvalue weighted by molar-refractivity contribution is 5.46. The molecule has 1 saturated heterocycles. The number of methoxy groups -OCH3 is 1. The zero-order valence-electron chi connectivity index (χ0n) is 11.5. The molecular weight excluding hydrogens is 212 g/mol. The quantitative estimate of drug-likeness (QED) is 0.792. The molecule has 2 rings (SSSR count). The molecule has 0 N–H and O–H groups in total. The van der Waals surface area contributed by atoms with Gasteiger partial charge < -0.3 is 9.47 Å². The van der Waals surface area contributed by atoms with Crippen molar-refractivity contribution in [2.24, 2.45) is 0 Å². The van der Waals surface area contributed by atoms with Crippen LogP contribution in [-0.4, -0.2) is 13.7 Å². The summed E-state index contributed by atoms with van der Waals surface area (Å²) in [5.41, 5.74) is 3.76. The molecule has 1 aromatic rings. The summed E-state index contributed by atoms with van der Waals surface area (Å²) < 4.78 is 11.2. The Balaban J connectivity index is 2.50. The summed E-state index contributed by atoms with van der Waals surface area (Å²) in [6, 6.07) is 4.40. The van der Waals surface area contributed by atoms with Crippen LogP contribution in [0.15, 0.2) is 12.1 Å². The Morgan fingerprint density at radius 3 is 2.41 bits per heavy atom. The topological polar surface area (TPSA) is 18.5 Å². The molecule has 1 unspecified atom stereocenters. The maximum Gasteiger partial charge on any atom is 0.122 e. The van der Waals surface area contributed by atoms with E-state index in [4.69, 9.17) is 9.47 Å². The Hall–Kier alpha value is -1.02. The van der Waals surface area contributed by atoms with Gasteiger partial charge in [-0.25, -0.2) is 0 Å². The van der Waals surface area contributed by atoms with Crippen LogP contribution in [0.25, 0.3) is 0 Å². The molecule has 2 heteroatoms. The van der Waals surface area contributed by atoms with Gasteiger partial charge in [0.2, 0.25) is 0 Å². The van der Waals surface area contributed by atoms with Gasteiger partial charge in [-0.05, 0) is 48.6 Å². The van der Waals surface area contributed by atoms with Gasteiger partial charge in [0.25, 0.3) is 0 Å². The average molecular weight is 234 g/mol. The molecule has 1 aliphatic rings. The highest BCUT2D eigenvalue weighted by Crippen LogP contribution is 2.41. The lowest BCUT2D eigenvalue weighted by Gasteiger charge is -2.40. The highest BCUT2D eigenvalue weighted by Gasteiger charge is 2.36. The van der Waals surface area contributed by atoms with E-state index < -0.39 is 0 Å². The lowest BCUT2D eigenvalue weighted by Crippen LogP contribution is -2.38. The van der Waals surface area contributed by atoms with Gasteiger partial charge in [-0.15, -0.1) is 0 Å². The zero-order valence-corrected chi connectivity index (χ0v) is 11.5. The molecule has 17 heavy (non-hydrogen) atoms. The maximum atomic E-state index is 5.75. The van der Waals surface area contributed by atoms with Gasteiger partial charge in [0, 0.05) is 6.42 Å². The smallest absolute Gasteiger partial charge is 0.122 e. The van der Waals surface area contributed by atoms with Gasteiger partial charge in [0.05, 0.1) is 19.3 Å². The Morgan fingerprint density at radius 2 is 2.00 bits per heavy atom. The first-order valence-corrected chi connectivity index (χ1v) is 6.31. The summed E-state index contributed by atoms with van der Waals surface area (Å²) in [6.07, 6.45) is 1.11. The fourth-order valence-electron chi connectivity index (χ4n) is 2.52. The second-order valence-corrected chi connectivity index (χ2v) is 5.39. The maximum absolute atomic E-state index is 5.75. The SMILES string of the molecule is COc1cc(C)c(C2(C)CCO2)cc1C(C)C. The first kappa shape index (κ1) is 12.4. The van der Waals surface area contributed by atoms with Gasteiger partial charge >= 0.3 is 0 Å². The van der Waals surface area contributed by atoms with E-state index in [1.807, 2.05) is 0 Å². The minimum absolute atomic E-state index is 0.0833. The third-order valence-electron chi connectivity index (χ3n) is 3.77. The van der Waals surface area contributed by atoms with Gasteiger partial charge in [0.15, 0.2) is 0 Å². The first-order chi connectivity index (χ1) is 7.98. The van der Waals surface area contributed by atoms with Crippen molar-refractivity contribution in [1.29, 1.82) is 0 Å². The number of ether oxygens (including phenoxy) is 2. The van der Waals surface area contributed by atoms with Crippen LogP contribution >= 0.6 is 0 Å². The molecule has 0 radical (unpaired) electrons. The van der Waals surface area contributed by atoms with Crippen molar-refractivity contribution in [2.45, 2.75) is 45.6 Å². The van der Waals surface area contributed by atoms with Crippen molar-refractivity contribution in [3.8, 4) is 5.75 Å². The molecule has 0 aromatic heterocycles. The van der Waals surface area contributed by atoms with Crippen molar-refractivity contribution in [2.75, 3.05) is 13.7 Å². The van der Waals surface area contributed by atoms with E-state index in [1.165, 1.54) is 16.7 Å². The Bertz CT molecular complexity index is 417. The third-order valence-corrected chi connectivity index (χ3v) is 3.77. The van der Waals surface area contributed by atoms with Gasteiger partial charge in [-0.2, -0.15) is 0 Å². The van der Waals surface area contributed by atoms with E-state index in [1.54, 1.807) is 7.11 Å². The zero-order chi connectivity index (χ0) is 12.6. The summed E-state index contributed by atoms with van der Waals surface area (Å²) in [4.78, 5) is 0. The van der Waals surface area contributed by atoms with E-state index >= 15 is 0 Å². The second-order valence-electron chi connectivity index (χ2n) is 5.39. The monoisotopic (exact) mass is 234 g/mol. The van der Waals surface area contributed by atoms with Crippen LogP contribution in [0.5, 0.6) is 5.75 Å². The molecule has 0 bridgehead atoms. The van der Waals surface area contributed by atoms with Gasteiger partial charge in [-0.1, -0.05) is 13.8 Å². The largest absolute Gasteiger partial charge is 0.496 e. The summed E-state index contributed by atoms with van der Waals surface area (Å²) in [7, 11) is 1.74. The minimum Gasteiger partial charge on any atom is -0.496 e. The van der Waals surface area contributed by atoms with Crippen molar-refractivity contribution in [1.82, 2.24) is 0 Å². The van der Waals surface area contributed by atoms with E-state index in [-0.39, 0.29) is 5.60 Å². The van der Waals surface area contributed by atoms with Crippen LogP contribution in [-0.2, 0) is 10.3 Å². The van der Waals surface area contributed by atoms with Crippen molar-refractivity contribution in [3.05, 3.63) is 28.8 Å². The van der Waals surface area contributed by atoms with Gasteiger partial charge in [0.1, 0.15) is 5.75 Å². The Morgan fingerprint density at radius 1 is 1.35 bits per heavy atom. The fraction of sp³-hybridized carbons (Fsp3) is 0.600. The Labute approximate surface area is 104 Å². The molecule has 0 aliphatic carbocycles. The summed E-state index contributed by atoms with van der Waals surface area (Å²) in [6.45, 7) is 9.57. The molecule has 1 aromatic carbocycles. The molecule has 0 spiro atoms. The molecule has 1 aliphatic heterocycles. The summed E-state index contributed by atoms with van der Waals surface area (Å²) in [5, 5.41) is 0. The predicted octanol–water partition coefficient (Wildman–Crippen LogP) is 3.76. The van der Waals surface area contributed by atoms with Crippen molar-refractivity contribution in [3.63, 3.8) is 0 Å². The summed E-state index contributed by atoms with van der Waals surface area (Å²) in [5.74, 6) is 1.46. The normalized spacial score (nSPS) is 23.6. The van der Waals surface area contributed by atoms with E-state index in [2.05, 4.69) is 39.8 Å². The van der Waals surface area contributed by atoms with Crippen LogP contribution in [0.3, 0.4) is 0 Å². The molecule has 1 atom stereocenters. The average Bonchev–Trinajstić information content (AvgIpc) is 2.25. The minimum atomic E-state index is -0.0833. The number of rotatable bonds is 3. The first-order valence-electron chi connectivity index (χ1n) is 6.31. The number of hydrogen-bond donors (Lipinski definition) is 0. The van der Waals surface area contributed by atoms with Crippen LogP contribution in [0.4, 0.5) is 0 Å². The molecule has 94 valence electrons. The van der Waals surface area contributed by atoms with Crippen LogP contribution in [0, 0.1) is 6.92 Å². The second kappa shape index (κ2) is 4.34. The van der Waals surface area contributed by atoms with E-state index in [0.29, 0.717) is 5.92 Å². The third kappa shape index (κ3) is 2.06. The number of benzene rings is 1. The lowest BCUT2D eigenvalue weighted by atomic mass is 9.83.